The van der Waals surface area contributed by atoms with Gasteiger partial charge in [0.05, 0.1) is 11.9 Å². The van der Waals surface area contributed by atoms with Crippen LogP contribution in [0.25, 0.3) is 0 Å². The van der Waals surface area contributed by atoms with E-state index in [-0.39, 0.29) is 0 Å². The Morgan fingerprint density at radius 3 is 2.46 bits per heavy atom. The van der Waals surface area contributed by atoms with E-state index in [1.165, 1.54) is 0 Å². The summed E-state index contributed by atoms with van der Waals surface area (Å²) in [4.78, 5) is 20.4. The molecule has 6 heteroatoms. The van der Waals surface area contributed by atoms with Crippen molar-refractivity contribution >= 4 is 11.9 Å². The van der Waals surface area contributed by atoms with Crippen molar-refractivity contribution in [1.82, 2.24) is 0 Å². The van der Waals surface area contributed by atoms with E-state index in [0.717, 1.165) is 0 Å². The van der Waals surface area contributed by atoms with E-state index in [0.29, 0.717) is 6.07 Å². The number of furan rings is 1. The molecule has 0 aliphatic heterocycles. The van der Waals surface area contributed by atoms with Crippen LogP contribution in [0.1, 0.15) is 16.1 Å². The Hall–Kier alpha value is -1.98. The van der Waals surface area contributed by atoms with E-state index in [9.17, 15) is 24.9 Å². The minimum Gasteiger partial charge on any atom is -0.583 e. The molecule has 6 nitrogen and oxygen atoms in total. The van der Waals surface area contributed by atoms with Crippen LogP contribution >= 0.6 is 0 Å². The smallest absolute Gasteiger partial charge is 0.0724 e. The molecule has 1 rings (SSSR count). The zero-order valence-corrected chi connectivity index (χ0v) is 6.23. The van der Waals surface area contributed by atoms with Crippen molar-refractivity contribution in [3.05, 3.63) is 17.4 Å². The van der Waals surface area contributed by atoms with Crippen LogP contribution in [0.3, 0.4) is 0 Å². The number of aromatic carboxylic acids is 1. The Bertz CT molecular complexity index is 350. The molecule has 70 valence electrons. The fourth-order valence-electron chi connectivity index (χ4n) is 0.839. The van der Waals surface area contributed by atoms with Gasteiger partial charge in [0, 0.05) is 23.7 Å². The van der Waals surface area contributed by atoms with Crippen molar-refractivity contribution in [3.63, 3.8) is 0 Å². The third kappa shape index (κ3) is 1.98. The first-order valence-corrected chi connectivity index (χ1v) is 3.21. The number of aliphatic carboxylic acids is 1. The highest BCUT2D eigenvalue weighted by molar-refractivity contribution is 5.88. The lowest BCUT2D eigenvalue weighted by Crippen LogP contribution is -2.27. The van der Waals surface area contributed by atoms with Crippen LogP contribution < -0.4 is 15.3 Å². The lowest BCUT2D eigenvalue weighted by atomic mass is 10.2. The van der Waals surface area contributed by atoms with Gasteiger partial charge in [-0.05, 0) is 6.07 Å². The zero-order valence-electron chi connectivity index (χ0n) is 6.23. The lowest BCUT2D eigenvalue weighted by Gasteiger charge is -2.07. The fraction of sp³-hybridized carbons (Fsp3) is 0.143. The maximum absolute atomic E-state index is 10.5. The topological polar surface area (TPSA) is 116 Å². The maximum Gasteiger partial charge on any atom is 0.0724 e. The number of hydrogen-bond donors (Lipinski definition) is 0. The van der Waals surface area contributed by atoms with Crippen molar-refractivity contribution in [2.45, 2.75) is 6.42 Å². The van der Waals surface area contributed by atoms with Gasteiger partial charge in [0.1, 0.15) is 0 Å². The number of carbonyl (C=O) groups excluding carboxylic acids is 2. The molecule has 0 saturated heterocycles. The van der Waals surface area contributed by atoms with Crippen LogP contribution in [-0.2, 0) is 11.2 Å². The Balaban J connectivity index is 3.04. The second-order valence-electron chi connectivity index (χ2n) is 2.24. The summed E-state index contributed by atoms with van der Waals surface area (Å²) in [5.41, 5.74) is -0.547. The largest absolute Gasteiger partial charge is 0.583 e. The van der Waals surface area contributed by atoms with Gasteiger partial charge in [-0.3, -0.25) is 0 Å². The lowest BCUT2D eigenvalue weighted by molar-refractivity contribution is -0.305. The minimum atomic E-state index is -1.65. The molecule has 0 amide bonds. The number of carboxylic acids is 2. The van der Waals surface area contributed by atoms with Gasteiger partial charge in [0.15, 0.2) is 0 Å². The number of hydrogen-bond acceptors (Lipinski definition) is 6. The minimum absolute atomic E-state index is 0.454. The van der Waals surface area contributed by atoms with Crippen LogP contribution in [-0.4, -0.2) is 11.9 Å². The zero-order chi connectivity index (χ0) is 10.0. The molecular weight excluding hydrogens is 180 g/mol. The van der Waals surface area contributed by atoms with Crippen LogP contribution in [0, 0.1) is 0 Å². The molecule has 0 bridgehead atoms. The van der Waals surface area contributed by atoms with Crippen molar-refractivity contribution in [2.24, 2.45) is 0 Å². The highest BCUT2D eigenvalue weighted by Gasteiger charge is 2.04. The molecule has 0 spiro atoms. The van der Waals surface area contributed by atoms with Gasteiger partial charge in [0.2, 0.25) is 0 Å². The van der Waals surface area contributed by atoms with E-state index in [4.69, 9.17) is 0 Å². The van der Waals surface area contributed by atoms with Crippen LogP contribution in [0.15, 0.2) is 10.5 Å². The molecule has 13 heavy (non-hydrogen) atoms. The molecule has 0 aliphatic rings. The Labute approximate surface area is 72.0 Å². The van der Waals surface area contributed by atoms with E-state index < -0.39 is 35.6 Å². The average Bonchev–Trinajstić information content (AvgIpc) is 2.29. The van der Waals surface area contributed by atoms with Crippen LogP contribution in [0.5, 0.6) is 5.95 Å². The first-order valence-electron chi connectivity index (χ1n) is 3.21. The third-order valence-electron chi connectivity index (χ3n) is 1.31. The van der Waals surface area contributed by atoms with Gasteiger partial charge in [-0.2, -0.15) is 0 Å². The Morgan fingerprint density at radius 2 is 2.00 bits per heavy atom. The number of rotatable bonds is 3. The Morgan fingerprint density at radius 1 is 1.38 bits per heavy atom. The molecule has 0 atom stereocenters. The van der Waals surface area contributed by atoms with Gasteiger partial charge in [-0.25, -0.2) is 0 Å². The first-order chi connectivity index (χ1) is 6.00. The summed E-state index contributed by atoms with van der Waals surface area (Å²) in [6.07, 6.45) is -0.758. The summed E-state index contributed by atoms with van der Waals surface area (Å²) < 4.78 is 4.29. The van der Waals surface area contributed by atoms with Gasteiger partial charge < -0.3 is 29.3 Å². The van der Waals surface area contributed by atoms with Gasteiger partial charge in [0.25, 0.3) is 0 Å². The van der Waals surface area contributed by atoms with Crippen molar-refractivity contribution in [3.8, 4) is 5.95 Å². The molecule has 0 radical (unpaired) electrons. The molecule has 1 aromatic heterocycles. The summed E-state index contributed by atoms with van der Waals surface area (Å²) in [5.74, 6) is -4.56. The predicted molar refractivity (Wildman–Crippen MR) is 31.2 cm³/mol. The summed E-state index contributed by atoms with van der Waals surface area (Å²) in [6, 6.07) is 0.660. The molecule has 0 aromatic carbocycles. The van der Waals surface area contributed by atoms with E-state index in [1.54, 1.807) is 0 Å². The predicted octanol–water partition coefficient (Wildman–Crippen LogP) is -2.99. The molecule has 0 fully saturated rings. The molecule has 0 N–H and O–H groups in total. The van der Waals surface area contributed by atoms with Crippen LogP contribution in [0.4, 0.5) is 0 Å². The van der Waals surface area contributed by atoms with E-state index in [2.05, 4.69) is 4.42 Å². The van der Waals surface area contributed by atoms with Crippen molar-refractivity contribution in [2.75, 3.05) is 0 Å². The first kappa shape index (κ1) is 9.11. The number of carbonyl (C=O) groups is 2. The molecule has 1 heterocycles. The third-order valence-corrected chi connectivity index (χ3v) is 1.31. The summed E-state index contributed by atoms with van der Waals surface area (Å²) in [5, 5.41) is 30.9. The molecule has 0 saturated carbocycles. The van der Waals surface area contributed by atoms with Crippen molar-refractivity contribution in [1.29, 1.82) is 0 Å². The quantitative estimate of drug-likeness (QED) is 0.493. The normalized spacial score (nSPS) is 9.85. The second-order valence-corrected chi connectivity index (χ2v) is 2.24. The molecular formula is C7H3O6-3. The monoisotopic (exact) mass is 183 g/mol. The Kier molecular flexibility index (Phi) is 2.23. The SMILES string of the molecule is O=C([O-])Cc1oc([O-])cc1C(=O)[O-]. The fourth-order valence-corrected chi connectivity index (χ4v) is 0.839. The highest BCUT2D eigenvalue weighted by atomic mass is 16.5. The van der Waals surface area contributed by atoms with Crippen LogP contribution in [0.2, 0.25) is 0 Å². The molecule has 1 aromatic rings. The second kappa shape index (κ2) is 3.18. The highest BCUT2D eigenvalue weighted by Crippen LogP contribution is 2.17. The molecule has 0 unspecified atom stereocenters. The summed E-state index contributed by atoms with van der Waals surface area (Å²) in [7, 11) is 0. The summed E-state index contributed by atoms with van der Waals surface area (Å²) >= 11 is 0. The van der Waals surface area contributed by atoms with Gasteiger partial charge >= 0.3 is 0 Å². The van der Waals surface area contributed by atoms with E-state index >= 15 is 0 Å². The standard InChI is InChI=1S/C7H6O6/c8-5(9)2-4-3(7(11)12)1-6(10)13-4/h1,10H,2H2,(H,8,9)(H,11,12)/p-3. The number of carboxylic acid groups (broad SMARTS) is 2. The maximum atomic E-state index is 10.5. The average molecular weight is 183 g/mol. The summed E-state index contributed by atoms with van der Waals surface area (Å²) in [6.45, 7) is 0. The van der Waals surface area contributed by atoms with Gasteiger partial charge in [-0.1, -0.05) is 0 Å². The molecule has 0 aliphatic carbocycles. The van der Waals surface area contributed by atoms with Crippen molar-refractivity contribution < 1.29 is 29.3 Å². The van der Waals surface area contributed by atoms with E-state index in [1.807, 2.05) is 0 Å². The van der Waals surface area contributed by atoms with Gasteiger partial charge in [-0.15, -0.1) is 0 Å².